The molecule has 1 rings (SSSR count). The number of aliphatic carboxylic acids is 3. The summed E-state index contributed by atoms with van der Waals surface area (Å²) in [5.41, 5.74) is -2.45. The van der Waals surface area contributed by atoms with E-state index in [0.29, 0.717) is 55.4 Å². The summed E-state index contributed by atoms with van der Waals surface area (Å²) in [6, 6.07) is 5.21. The number of nitrogens with one attached hydrogen (secondary N) is 1. The molecule has 11 heteroatoms. The third-order valence-electron chi connectivity index (χ3n) is 7.92. The number of carboxylic acids is 3. The first-order valence-electron chi connectivity index (χ1n) is 16.8. The van der Waals surface area contributed by atoms with E-state index in [2.05, 4.69) is 33.0 Å². The molecule has 0 fully saturated rings. The average Bonchev–Trinajstić information content (AvgIpc) is 2.98. The fraction of sp³-hybridized carbons (Fsp3) is 0.639. The molecule has 0 aliphatic carbocycles. The van der Waals surface area contributed by atoms with Crippen molar-refractivity contribution in [2.45, 2.75) is 123 Å². The smallest absolute Gasteiger partial charge is 0.337 e. The summed E-state index contributed by atoms with van der Waals surface area (Å²) in [6.45, 7) is 9.02. The monoisotopic (exact) mass is 661 g/mol. The standard InChI is InChI=1S/C36H55NO10/c1-25(2)13-11-12-15-28(38)14-9-7-5-6-8-10-16-30(36(46,35(44)45)24-32(39)40)33(41)37-31(34(42)43)23-27-17-19-29(20-18-27)47-22-21-26(3)4/h10,16-20,25-26,30-31,46H,5-9,11-15,21-24H2,1-4H3,(H,37,41)(H,39,40)(H,42,43)(H,44,45)/b16-10+/t30-,31+,36+/m1/s1. The first-order chi connectivity index (χ1) is 22.1. The summed E-state index contributed by atoms with van der Waals surface area (Å²) in [5.74, 6) is -5.96. The van der Waals surface area contributed by atoms with Crippen molar-refractivity contribution in [1.29, 1.82) is 0 Å². The molecule has 0 unspecified atom stereocenters. The van der Waals surface area contributed by atoms with Gasteiger partial charge in [-0.15, -0.1) is 0 Å². The highest BCUT2D eigenvalue weighted by Gasteiger charge is 2.49. The number of unbranched alkanes of at least 4 members (excludes halogenated alkanes) is 5. The fourth-order valence-electron chi connectivity index (χ4n) is 5.01. The van der Waals surface area contributed by atoms with Crippen molar-refractivity contribution in [1.82, 2.24) is 5.32 Å². The molecule has 3 atom stereocenters. The minimum atomic E-state index is -3.01. The average molecular weight is 662 g/mol. The lowest BCUT2D eigenvalue weighted by Crippen LogP contribution is -2.55. The molecule has 0 spiro atoms. The second-order valence-corrected chi connectivity index (χ2v) is 13.1. The van der Waals surface area contributed by atoms with Gasteiger partial charge in [-0.2, -0.15) is 0 Å². The molecule has 1 aromatic carbocycles. The topological polar surface area (TPSA) is 188 Å². The summed E-state index contributed by atoms with van der Waals surface area (Å²) in [6.07, 6.45) is 9.73. The number of aliphatic hydroxyl groups is 1. The predicted octanol–water partition coefficient (Wildman–Crippen LogP) is 5.81. The summed E-state index contributed by atoms with van der Waals surface area (Å²) >= 11 is 0. The van der Waals surface area contributed by atoms with Crippen LogP contribution < -0.4 is 10.1 Å². The molecule has 0 bridgehead atoms. The molecular weight excluding hydrogens is 606 g/mol. The third kappa shape index (κ3) is 17.1. The summed E-state index contributed by atoms with van der Waals surface area (Å²) in [7, 11) is 0. The van der Waals surface area contributed by atoms with Crippen LogP contribution >= 0.6 is 0 Å². The number of carbonyl (C=O) groups excluding carboxylic acids is 2. The molecule has 47 heavy (non-hydrogen) atoms. The third-order valence-corrected chi connectivity index (χ3v) is 7.92. The van der Waals surface area contributed by atoms with Crippen molar-refractivity contribution in [2.24, 2.45) is 17.8 Å². The van der Waals surface area contributed by atoms with Crippen molar-refractivity contribution in [3.63, 3.8) is 0 Å². The minimum Gasteiger partial charge on any atom is -0.494 e. The van der Waals surface area contributed by atoms with Crippen molar-refractivity contribution in [2.75, 3.05) is 6.61 Å². The lowest BCUT2D eigenvalue weighted by atomic mass is 9.82. The summed E-state index contributed by atoms with van der Waals surface area (Å²) < 4.78 is 5.68. The number of benzene rings is 1. The first kappa shape index (κ1) is 41.3. The maximum Gasteiger partial charge on any atom is 0.337 e. The van der Waals surface area contributed by atoms with E-state index in [0.717, 1.165) is 51.0 Å². The number of allylic oxidation sites excluding steroid dienone is 1. The van der Waals surface area contributed by atoms with Crippen molar-refractivity contribution in [3.8, 4) is 5.75 Å². The van der Waals surface area contributed by atoms with Gasteiger partial charge in [0.05, 0.1) is 18.9 Å². The molecule has 0 saturated heterocycles. The van der Waals surface area contributed by atoms with Crippen molar-refractivity contribution < 1.29 is 49.1 Å². The molecule has 0 aliphatic heterocycles. The van der Waals surface area contributed by atoms with Crippen LogP contribution in [0.3, 0.4) is 0 Å². The zero-order chi connectivity index (χ0) is 35.4. The summed E-state index contributed by atoms with van der Waals surface area (Å²) in [4.78, 5) is 61.0. The van der Waals surface area contributed by atoms with E-state index in [1.807, 2.05) is 0 Å². The van der Waals surface area contributed by atoms with Gasteiger partial charge in [-0.25, -0.2) is 9.59 Å². The van der Waals surface area contributed by atoms with Gasteiger partial charge < -0.3 is 30.5 Å². The van der Waals surface area contributed by atoms with Crippen LogP contribution in [0.1, 0.15) is 110 Å². The van der Waals surface area contributed by atoms with Gasteiger partial charge in [0.2, 0.25) is 5.91 Å². The highest BCUT2D eigenvalue weighted by Crippen LogP contribution is 2.26. The molecule has 0 saturated carbocycles. The van der Waals surface area contributed by atoms with Gasteiger partial charge in [-0.1, -0.05) is 77.7 Å². The number of hydrogen-bond acceptors (Lipinski definition) is 7. The quantitative estimate of drug-likeness (QED) is 0.0599. The maximum absolute atomic E-state index is 13.3. The Bertz CT molecular complexity index is 1160. The van der Waals surface area contributed by atoms with Gasteiger partial charge in [0.25, 0.3) is 0 Å². The molecule has 1 amide bonds. The second kappa shape index (κ2) is 22.0. The van der Waals surface area contributed by atoms with Crippen LogP contribution in [0.15, 0.2) is 36.4 Å². The van der Waals surface area contributed by atoms with Crippen LogP contribution in [0.5, 0.6) is 5.75 Å². The molecule has 0 aromatic heterocycles. The molecule has 0 radical (unpaired) electrons. The Morgan fingerprint density at radius 3 is 1.98 bits per heavy atom. The molecule has 264 valence electrons. The Morgan fingerprint density at radius 1 is 0.830 bits per heavy atom. The van der Waals surface area contributed by atoms with Crippen LogP contribution in [0.4, 0.5) is 0 Å². The van der Waals surface area contributed by atoms with E-state index < -0.39 is 47.8 Å². The Morgan fingerprint density at radius 2 is 1.43 bits per heavy atom. The Balaban J connectivity index is 2.83. The number of carboxylic acid groups (broad SMARTS) is 3. The van der Waals surface area contributed by atoms with Gasteiger partial charge in [0.1, 0.15) is 17.6 Å². The number of rotatable bonds is 26. The summed E-state index contributed by atoms with van der Waals surface area (Å²) in [5, 5.41) is 42.1. The maximum atomic E-state index is 13.3. The molecule has 0 aliphatic rings. The second-order valence-electron chi connectivity index (χ2n) is 13.1. The van der Waals surface area contributed by atoms with Crippen LogP contribution in [-0.4, -0.2) is 68.3 Å². The normalized spacial score (nSPS) is 14.1. The molecular formula is C36H55NO10. The number of carbonyl (C=O) groups is 5. The van der Waals surface area contributed by atoms with E-state index in [-0.39, 0.29) is 12.2 Å². The number of hydrogen-bond donors (Lipinski definition) is 5. The van der Waals surface area contributed by atoms with E-state index in [1.165, 1.54) is 6.08 Å². The molecule has 1 aromatic rings. The van der Waals surface area contributed by atoms with E-state index in [4.69, 9.17) is 4.74 Å². The van der Waals surface area contributed by atoms with Gasteiger partial charge in [0.15, 0.2) is 5.60 Å². The predicted molar refractivity (Wildman–Crippen MR) is 178 cm³/mol. The first-order valence-corrected chi connectivity index (χ1v) is 16.8. The lowest BCUT2D eigenvalue weighted by molar-refractivity contribution is -0.172. The largest absolute Gasteiger partial charge is 0.494 e. The Hall–Kier alpha value is -3.73. The van der Waals surface area contributed by atoms with Crippen LogP contribution in [0.2, 0.25) is 0 Å². The molecule has 0 heterocycles. The molecule has 11 nitrogen and oxygen atoms in total. The van der Waals surface area contributed by atoms with Crippen LogP contribution in [0.25, 0.3) is 0 Å². The van der Waals surface area contributed by atoms with Gasteiger partial charge in [0, 0.05) is 19.3 Å². The molecule has 5 N–H and O–H groups in total. The minimum absolute atomic E-state index is 0.144. The van der Waals surface area contributed by atoms with Gasteiger partial charge in [-0.05, 0) is 61.6 Å². The van der Waals surface area contributed by atoms with Crippen molar-refractivity contribution in [3.05, 3.63) is 42.0 Å². The van der Waals surface area contributed by atoms with E-state index in [9.17, 15) is 44.4 Å². The van der Waals surface area contributed by atoms with Crippen LogP contribution in [0, 0.1) is 17.8 Å². The van der Waals surface area contributed by atoms with E-state index in [1.54, 1.807) is 24.3 Å². The highest BCUT2D eigenvalue weighted by atomic mass is 16.5. The number of Topliss-reactive ketones (excluding diaryl/α,β-unsaturated/α-hetero) is 1. The number of ketones is 1. The Labute approximate surface area is 278 Å². The Kier molecular flexibility index (Phi) is 19.3. The fourth-order valence-corrected chi connectivity index (χ4v) is 5.01. The van der Waals surface area contributed by atoms with Crippen molar-refractivity contribution >= 4 is 29.6 Å². The number of amides is 1. The van der Waals surface area contributed by atoms with Gasteiger partial charge >= 0.3 is 17.9 Å². The number of ether oxygens (including phenoxy) is 1. The van der Waals surface area contributed by atoms with E-state index >= 15 is 0 Å². The SMILES string of the molecule is CC(C)CCCCC(=O)CCCCCC/C=C/[C@H](C(=O)N[C@@H](Cc1ccc(OCCC(C)C)cc1)C(=O)O)[C@@](O)(CC(=O)O)C(=O)O. The van der Waals surface area contributed by atoms with Gasteiger partial charge in [-0.3, -0.25) is 14.4 Å². The lowest BCUT2D eigenvalue weighted by Gasteiger charge is -2.29. The highest BCUT2D eigenvalue weighted by molar-refractivity contribution is 5.94. The van der Waals surface area contributed by atoms with Crippen LogP contribution in [-0.2, 0) is 30.4 Å². The zero-order valence-electron chi connectivity index (χ0n) is 28.4. The zero-order valence-corrected chi connectivity index (χ0v) is 28.4.